The molecule has 0 amide bonds. The molecule has 19 heavy (non-hydrogen) atoms. The molecule has 0 aromatic heterocycles. The number of methoxy groups -OCH3 is 1. The lowest BCUT2D eigenvalue weighted by Crippen LogP contribution is -2.21. The fourth-order valence-corrected chi connectivity index (χ4v) is 2.79. The molecule has 0 aliphatic carbocycles. The van der Waals surface area contributed by atoms with Crippen LogP contribution in [0.25, 0.3) is 0 Å². The van der Waals surface area contributed by atoms with Gasteiger partial charge in [0.15, 0.2) is 0 Å². The highest BCUT2D eigenvalue weighted by molar-refractivity contribution is 5.29. The zero-order chi connectivity index (χ0) is 14.5. The van der Waals surface area contributed by atoms with Crippen LogP contribution in [0.1, 0.15) is 52.1 Å². The van der Waals surface area contributed by atoms with Gasteiger partial charge >= 0.3 is 0 Å². The molecule has 0 aliphatic heterocycles. The van der Waals surface area contributed by atoms with Crippen LogP contribution < -0.4 is 10.1 Å². The summed E-state index contributed by atoms with van der Waals surface area (Å²) in [5, 5.41) is 3.43. The molecule has 2 nitrogen and oxygen atoms in total. The summed E-state index contributed by atoms with van der Waals surface area (Å²) in [7, 11) is 3.74. The van der Waals surface area contributed by atoms with E-state index >= 15 is 0 Å². The molecule has 1 aromatic rings. The molecule has 2 heteroatoms. The van der Waals surface area contributed by atoms with Crippen molar-refractivity contribution < 1.29 is 4.74 Å². The van der Waals surface area contributed by atoms with Crippen molar-refractivity contribution in [1.82, 2.24) is 5.32 Å². The van der Waals surface area contributed by atoms with Gasteiger partial charge in [-0.2, -0.15) is 0 Å². The lowest BCUT2D eigenvalue weighted by Gasteiger charge is -2.27. The van der Waals surface area contributed by atoms with Crippen molar-refractivity contribution in [3.8, 4) is 5.75 Å². The zero-order valence-electron chi connectivity index (χ0n) is 13.3. The third-order valence-electron chi connectivity index (χ3n) is 3.47. The second-order valence-electron chi connectivity index (χ2n) is 6.72. The summed E-state index contributed by atoms with van der Waals surface area (Å²) in [6.45, 7) is 9.28. The number of hydrogen-bond acceptors (Lipinski definition) is 2. The Hall–Kier alpha value is -1.02. The van der Waals surface area contributed by atoms with E-state index in [1.54, 1.807) is 7.11 Å². The van der Waals surface area contributed by atoms with E-state index in [0.717, 1.165) is 5.75 Å². The highest BCUT2D eigenvalue weighted by Gasteiger charge is 2.19. The maximum atomic E-state index is 5.21. The van der Waals surface area contributed by atoms with Crippen LogP contribution in [0.15, 0.2) is 24.3 Å². The van der Waals surface area contributed by atoms with Crippen molar-refractivity contribution in [2.75, 3.05) is 14.2 Å². The van der Waals surface area contributed by atoms with Crippen molar-refractivity contribution >= 4 is 0 Å². The number of rotatable bonds is 6. The van der Waals surface area contributed by atoms with E-state index < -0.39 is 0 Å². The average Bonchev–Trinajstić information content (AvgIpc) is 2.34. The Morgan fingerprint density at radius 3 is 2.16 bits per heavy atom. The maximum absolute atomic E-state index is 5.21. The highest BCUT2D eigenvalue weighted by atomic mass is 16.5. The van der Waals surface area contributed by atoms with Crippen LogP contribution in [0.5, 0.6) is 5.75 Å². The third-order valence-corrected chi connectivity index (χ3v) is 3.47. The smallest absolute Gasteiger partial charge is 0.118 e. The first-order chi connectivity index (χ1) is 8.85. The molecule has 0 saturated carbocycles. The molecule has 1 N–H and O–H groups in total. The first-order valence-corrected chi connectivity index (χ1v) is 7.17. The van der Waals surface area contributed by atoms with Gasteiger partial charge in [0, 0.05) is 6.04 Å². The van der Waals surface area contributed by atoms with E-state index in [-0.39, 0.29) is 0 Å². The van der Waals surface area contributed by atoms with Crippen molar-refractivity contribution in [2.24, 2.45) is 11.3 Å². The fraction of sp³-hybridized carbons (Fsp3) is 0.647. The molecule has 2 unspecified atom stereocenters. The van der Waals surface area contributed by atoms with Gasteiger partial charge in [-0.05, 0) is 48.9 Å². The monoisotopic (exact) mass is 263 g/mol. The van der Waals surface area contributed by atoms with Gasteiger partial charge in [-0.3, -0.25) is 0 Å². The SMILES string of the molecule is CNC(CC(C)CC(C)(C)C)c1ccc(OC)cc1. The first kappa shape index (κ1) is 16.0. The Kier molecular flexibility index (Phi) is 5.86. The van der Waals surface area contributed by atoms with Gasteiger partial charge in [-0.1, -0.05) is 39.8 Å². The van der Waals surface area contributed by atoms with E-state index in [2.05, 4.69) is 45.1 Å². The van der Waals surface area contributed by atoms with Crippen LogP contribution in [-0.4, -0.2) is 14.2 Å². The summed E-state index contributed by atoms with van der Waals surface area (Å²) in [5.41, 5.74) is 1.74. The van der Waals surface area contributed by atoms with Crippen LogP contribution in [-0.2, 0) is 0 Å². The van der Waals surface area contributed by atoms with Crippen LogP contribution in [0, 0.1) is 11.3 Å². The highest BCUT2D eigenvalue weighted by Crippen LogP contribution is 2.30. The average molecular weight is 263 g/mol. The molecule has 0 radical (unpaired) electrons. The van der Waals surface area contributed by atoms with Crippen LogP contribution in [0.4, 0.5) is 0 Å². The largest absolute Gasteiger partial charge is 0.497 e. The van der Waals surface area contributed by atoms with E-state index in [1.807, 2.05) is 19.2 Å². The summed E-state index contributed by atoms with van der Waals surface area (Å²) in [6.07, 6.45) is 2.42. The molecule has 0 heterocycles. The van der Waals surface area contributed by atoms with Gasteiger partial charge < -0.3 is 10.1 Å². The Morgan fingerprint density at radius 1 is 1.16 bits per heavy atom. The summed E-state index contributed by atoms with van der Waals surface area (Å²) in [6, 6.07) is 8.80. The first-order valence-electron chi connectivity index (χ1n) is 7.17. The molecule has 1 rings (SSSR count). The second-order valence-corrected chi connectivity index (χ2v) is 6.72. The molecule has 1 aromatic carbocycles. The zero-order valence-corrected chi connectivity index (χ0v) is 13.3. The van der Waals surface area contributed by atoms with E-state index in [9.17, 15) is 0 Å². The van der Waals surface area contributed by atoms with Crippen molar-refractivity contribution in [3.05, 3.63) is 29.8 Å². The minimum Gasteiger partial charge on any atom is -0.497 e. The molecule has 108 valence electrons. The summed E-state index contributed by atoms with van der Waals surface area (Å²) in [5.74, 6) is 1.63. The number of nitrogens with one attached hydrogen (secondary N) is 1. The Morgan fingerprint density at radius 2 is 1.74 bits per heavy atom. The maximum Gasteiger partial charge on any atom is 0.118 e. The van der Waals surface area contributed by atoms with Crippen LogP contribution in [0.2, 0.25) is 0 Å². The van der Waals surface area contributed by atoms with Gasteiger partial charge in [0.1, 0.15) is 5.75 Å². The fourth-order valence-electron chi connectivity index (χ4n) is 2.79. The van der Waals surface area contributed by atoms with Gasteiger partial charge in [0.05, 0.1) is 7.11 Å². The Labute approximate surface area is 118 Å². The number of hydrogen-bond donors (Lipinski definition) is 1. The topological polar surface area (TPSA) is 21.3 Å². The second kappa shape index (κ2) is 6.95. The van der Waals surface area contributed by atoms with Gasteiger partial charge in [-0.15, -0.1) is 0 Å². The summed E-state index contributed by atoms with van der Waals surface area (Å²) in [4.78, 5) is 0. The van der Waals surface area contributed by atoms with Crippen molar-refractivity contribution in [1.29, 1.82) is 0 Å². The summed E-state index contributed by atoms with van der Waals surface area (Å²) >= 11 is 0. The quantitative estimate of drug-likeness (QED) is 0.820. The number of ether oxygens (including phenoxy) is 1. The molecule has 0 saturated heterocycles. The molecule has 0 fully saturated rings. The molecular formula is C17H29NO. The third kappa shape index (κ3) is 5.65. The molecule has 2 atom stereocenters. The predicted octanol–water partition coefficient (Wildman–Crippen LogP) is 4.42. The summed E-state index contributed by atoms with van der Waals surface area (Å²) < 4.78 is 5.21. The van der Waals surface area contributed by atoms with Gasteiger partial charge in [0.25, 0.3) is 0 Å². The van der Waals surface area contributed by atoms with Crippen LogP contribution >= 0.6 is 0 Å². The van der Waals surface area contributed by atoms with Crippen molar-refractivity contribution in [3.63, 3.8) is 0 Å². The van der Waals surface area contributed by atoms with Gasteiger partial charge in [-0.25, -0.2) is 0 Å². The normalized spacial score (nSPS) is 15.1. The molecule has 0 aliphatic rings. The molecular weight excluding hydrogens is 234 g/mol. The molecule has 0 bridgehead atoms. The lowest BCUT2D eigenvalue weighted by molar-refractivity contribution is 0.279. The standard InChI is InChI=1S/C17H29NO/c1-13(12-17(2,3)4)11-16(18-5)14-7-9-15(19-6)10-8-14/h7-10,13,16,18H,11-12H2,1-6H3. The Balaban J connectivity index is 2.66. The van der Waals surface area contributed by atoms with Crippen LogP contribution in [0.3, 0.4) is 0 Å². The number of benzene rings is 1. The minimum atomic E-state index is 0.400. The van der Waals surface area contributed by atoms with Gasteiger partial charge in [0.2, 0.25) is 0 Å². The van der Waals surface area contributed by atoms with E-state index in [1.165, 1.54) is 18.4 Å². The van der Waals surface area contributed by atoms with E-state index in [0.29, 0.717) is 17.4 Å². The van der Waals surface area contributed by atoms with Crippen molar-refractivity contribution in [2.45, 2.75) is 46.6 Å². The predicted molar refractivity (Wildman–Crippen MR) is 82.6 cm³/mol. The Bertz CT molecular complexity index is 364. The lowest BCUT2D eigenvalue weighted by atomic mass is 9.82. The molecule has 0 spiro atoms. The minimum absolute atomic E-state index is 0.400. The van der Waals surface area contributed by atoms with E-state index in [4.69, 9.17) is 4.74 Å².